The molecular weight excluding hydrogens is 237 g/mol. The largest absolute Gasteiger partial charge is 0.481 e. The van der Waals surface area contributed by atoms with Crippen LogP contribution < -0.4 is 5.32 Å². The topological polar surface area (TPSA) is 66.4 Å². The van der Waals surface area contributed by atoms with E-state index in [9.17, 15) is 14.0 Å². The van der Waals surface area contributed by atoms with Crippen LogP contribution in [0.3, 0.4) is 0 Å². The first-order valence-electron chi connectivity index (χ1n) is 5.77. The lowest BCUT2D eigenvalue weighted by Gasteiger charge is -2.14. The number of carboxylic acid groups (broad SMARTS) is 1. The summed E-state index contributed by atoms with van der Waals surface area (Å²) < 4.78 is 12.7. The zero-order valence-electron chi connectivity index (χ0n) is 9.89. The highest BCUT2D eigenvalue weighted by Gasteiger charge is 2.48. The third kappa shape index (κ3) is 2.67. The Bertz CT molecular complexity index is 472. The van der Waals surface area contributed by atoms with E-state index in [1.54, 1.807) is 19.1 Å². The fraction of sp³-hybridized carbons (Fsp3) is 0.385. The molecule has 1 saturated carbocycles. The minimum absolute atomic E-state index is 0.251. The number of aliphatic carboxylic acids is 1. The second-order valence-electron chi connectivity index (χ2n) is 4.57. The predicted octanol–water partition coefficient (Wildman–Crippen LogP) is 1.72. The van der Waals surface area contributed by atoms with Gasteiger partial charge in [-0.2, -0.15) is 0 Å². The molecule has 0 spiro atoms. The third-order valence-electron chi connectivity index (χ3n) is 3.17. The van der Waals surface area contributed by atoms with Crippen molar-refractivity contribution in [2.24, 2.45) is 11.8 Å². The van der Waals surface area contributed by atoms with Gasteiger partial charge in [-0.1, -0.05) is 12.1 Å². The van der Waals surface area contributed by atoms with E-state index in [4.69, 9.17) is 5.11 Å². The zero-order chi connectivity index (χ0) is 13.3. The molecule has 0 saturated heterocycles. The number of rotatable bonds is 4. The van der Waals surface area contributed by atoms with Crippen LogP contribution in [0.2, 0.25) is 0 Å². The first kappa shape index (κ1) is 12.5. The number of carbonyl (C=O) groups excluding carboxylic acids is 1. The van der Waals surface area contributed by atoms with Crippen LogP contribution in [0.25, 0.3) is 0 Å². The van der Waals surface area contributed by atoms with Gasteiger partial charge in [-0.15, -0.1) is 0 Å². The van der Waals surface area contributed by atoms with E-state index in [1.165, 1.54) is 12.1 Å². The fourth-order valence-electron chi connectivity index (χ4n) is 1.91. The molecule has 1 aliphatic rings. The molecule has 0 aliphatic heterocycles. The summed E-state index contributed by atoms with van der Waals surface area (Å²) in [5.74, 6) is -2.48. The summed E-state index contributed by atoms with van der Waals surface area (Å²) in [5.41, 5.74) is 0.789. The highest BCUT2D eigenvalue weighted by Crippen LogP contribution is 2.39. The molecule has 1 amide bonds. The van der Waals surface area contributed by atoms with Gasteiger partial charge in [0.05, 0.1) is 17.9 Å². The summed E-state index contributed by atoms with van der Waals surface area (Å²) in [4.78, 5) is 22.4. The van der Waals surface area contributed by atoms with Crippen molar-refractivity contribution in [2.45, 2.75) is 19.4 Å². The highest BCUT2D eigenvalue weighted by molar-refractivity contribution is 5.89. The van der Waals surface area contributed by atoms with Crippen molar-refractivity contribution in [1.82, 2.24) is 5.32 Å². The first-order chi connectivity index (χ1) is 8.49. The molecule has 3 unspecified atom stereocenters. The normalized spacial score (nSPS) is 23.2. The number of hydrogen-bond acceptors (Lipinski definition) is 2. The smallest absolute Gasteiger partial charge is 0.307 e. The molecule has 0 radical (unpaired) electrons. The van der Waals surface area contributed by atoms with E-state index in [2.05, 4.69) is 5.32 Å². The van der Waals surface area contributed by atoms with Gasteiger partial charge in [0.15, 0.2) is 0 Å². The van der Waals surface area contributed by atoms with Crippen molar-refractivity contribution < 1.29 is 19.1 Å². The minimum atomic E-state index is -0.926. The Morgan fingerprint density at radius 2 is 1.94 bits per heavy atom. The Balaban J connectivity index is 1.92. The number of halogens is 1. The molecule has 96 valence electrons. The molecule has 1 aromatic rings. The summed E-state index contributed by atoms with van der Waals surface area (Å²) in [5, 5.41) is 11.5. The van der Waals surface area contributed by atoms with Gasteiger partial charge in [-0.05, 0) is 31.0 Å². The number of nitrogens with one attached hydrogen (secondary N) is 1. The van der Waals surface area contributed by atoms with Gasteiger partial charge in [0.1, 0.15) is 5.82 Å². The first-order valence-corrected chi connectivity index (χ1v) is 5.77. The third-order valence-corrected chi connectivity index (χ3v) is 3.17. The average molecular weight is 251 g/mol. The van der Waals surface area contributed by atoms with E-state index in [0.717, 1.165) is 5.56 Å². The fourth-order valence-corrected chi connectivity index (χ4v) is 1.91. The van der Waals surface area contributed by atoms with Crippen LogP contribution in [0.15, 0.2) is 24.3 Å². The van der Waals surface area contributed by atoms with Crippen LogP contribution >= 0.6 is 0 Å². The van der Waals surface area contributed by atoms with Gasteiger partial charge in [-0.25, -0.2) is 4.39 Å². The van der Waals surface area contributed by atoms with Gasteiger partial charge in [0.25, 0.3) is 0 Å². The summed E-state index contributed by atoms with van der Waals surface area (Å²) in [6.45, 7) is 1.78. The van der Waals surface area contributed by atoms with Crippen LogP contribution in [-0.4, -0.2) is 17.0 Å². The van der Waals surface area contributed by atoms with Crippen LogP contribution in [0, 0.1) is 17.7 Å². The van der Waals surface area contributed by atoms with E-state index in [1.807, 2.05) is 0 Å². The Labute approximate surface area is 104 Å². The maximum Gasteiger partial charge on any atom is 0.307 e. The van der Waals surface area contributed by atoms with Gasteiger partial charge < -0.3 is 10.4 Å². The molecule has 2 rings (SSSR count). The maximum atomic E-state index is 12.7. The van der Waals surface area contributed by atoms with E-state index in [0.29, 0.717) is 6.42 Å². The lowest BCUT2D eigenvalue weighted by atomic mass is 10.1. The van der Waals surface area contributed by atoms with E-state index in [-0.39, 0.29) is 17.8 Å². The second-order valence-corrected chi connectivity index (χ2v) is 4.57. The van der Waals surface area contributed by atoms with Crippen molar-refractivity contribution >= 4 is 11.9 Å². The molecule has 0 aromatic heterocycles. The molecular formula is C13H14FNO3. The van der Waals surface area contributed by atoms with Crippen molar-refractivity contribution in [3.63, 3.8) is 0 Å². The molecule has 1 fully saturated rings. The monoisotopic (exact) mass is 251 g/mol. The maximum absolute atomic E-state index is 12.7. The van der Waals surface area contributed by atoms with Gasteiger partial charge in [0, 0.05) is 0 Å². The standard InChI is InChI=1S/C13H14FNO3/c1-7(8-2-4-9(14)5-3-8)15-12(16)10-6-11(10)13(17)18/h2-5,7,10-11H,6H2,1H3,(H,15,16)(H,17,18). The number of carbonyl (C=O) groups is 2. The summed E-state index contributed by atoms with van der Waals surface area (Å²) in [6, 6.07) is 5.60. The second kappa shape index (κ2) is 4.76. The molecule has 1 aromatic carbocycles. The van der Waals surface area contributed by atoms with Gasteiger partial charge in [-0.3, -0.25) is 9.59 Å². The molecule has 3 atom stereocenters. The predicted molar refractivity (Wildman–Crippen MR) is 62.2 cm³/mol. The minimum Gasteiger partial charge on any atom is -0.481 e. The lowest BCUT2D eigenvalue weighted by Crippen LogP contribution is -2.29. The summed E-state index contributed by atoms with van der Waals surface area (Å²) >= 11 is 0. The summed E-state index contributed by atoms with van der Waals surface area (Å²) in [6.07, 6.45) is 0.400. The molecule has 2 N–H and O–H groups in total. The Morgan fingerprint density at radius 1 is 1.33 bits per heavy atom. The number of amides is 1. The van der Waals surface area contributed by atoms with Crippen molar-refractivity contribution in [3.05, 3.63) is 35.6 Å². The quantitative estimate of drug-likeness (QED) is 0.856. The summed E-state index contributed by atoms with van der Waals surface area (Å²) in [7, 11) is 0. The number of carboxylic acids is 1. The Hall–Kier alpha value is -1.91. The van der Waals surface area contributed by atoms with Crippen LogP contribution in [-0.2, 0) is 9.59 Å². The molecule has 4 nitrogen and oxygen atoms in total. The highest BCUT2D eigenvalue weighted by atomic mass is 19.1. The SMILES string of the molecule is CC(NC(=O)C1CC1C(=O)O)c1ccc(F)cc1. The molecule has 0 bridgehead atoms. The van der Waals surface area contributed by atoms with Crippen molar-refractivity contribution in [2.75, 3.05) is 0 Å². The molecule has 0 heterocycles. The zero-order valence-corrected chi connectivity index (χ0v) is 9.89. The van der Waals surface area contributed by atoms with Crippen molar-refractivity contribution in [3.8, 4) is 0 Å². The number of hydrogen-bond donors (Lipinski definition) is 2. The van der Waals surface area contributed by atoms with Crippen LogP contribution in [0.4, 0.5) is 4.39 Å². The Kier molecular flexibility index (Phi) is 3.32. The van der Waals surface area contributed by atoms with Crippen molar-refractivity contribution in [1.29, 1.82) is 0 Å². The van der Waals surface area contributed by atoms with Crippen LogP contribution in [0.1, 0.15) is 24.9 Å². The van der Waals surface area contributed by atoms with E-state index >= 15 is 0 Å². The molecule has 5 heteroatoms. The Morgan fingerprint density at radius 3 is 2.44 bits per heavy atom. The molecule has 1 aliphatic carbocycles. The van der Waals surface area contributed by atoms with Gasteiger partial charge >= 0.3 is 5.97 Å². The molecule has 18 heavy (non-hydrogen) atoms. The van der Waals surface area contributed by atoms with Crippen LogP contribution in [0.5, 0.6) is 0 Å². The lowest BCUT2D eigenvalue weighted by molar-refractivity contribution is -0.140. The van der Waals surface area contributed by atoms with Gasteiger partial charge in [0.2, 0.25) is 5.91 Å². The van der Waals surface area contributed by atoms with E-state index < -0.39 is 17.8 Å². The average Bonchev–Trinajstić information content (AvgIpc) is 3.09. The number of benzene rings is 1.